The maximum Gasteiger partial charge on any atom is 0.411 e. The van der Waals surface area contributed by atoms with Crippen LogP contribution in [0.1, 0.15) is 24.2 Å². The van der Waals surface area contributed by atoms with Gasteiger partial charge in [0.2, 0.25) is 0 Å². The normalized spacial score (nSPS) is 14.9. The van der Waals surface area contributed by atoms with Crippen LogP contribution in [0.3, 0.4) is 0 Å². The van der Waals surface area contributed by atoms with Crippen molar-refractivity contribution in [2.75, 3.05) is 13.2 Å². The molecule has 46 heavy (non-hydrogen) atoms. The molecule has 1 saturated heterocycles. The third-order valence-corrected chi connectivity index (χ3v) is 14.5. The molecule has 0 spiro atoms. The molecule has 1 heterocycles. The van der Waals surface area contributed by atoms with Gasteiger partial charge in [0.15, 0.2) is 20.1 Å². The summed E-state index contributed by atoms with van der Waals surface area (Å²) in [5.41, 5.74) is 0.394. The molecule has 1 N–H and O–H groups in total. The number of halogens is 3. The molecule has 0 radical (unpaired) electrons. The first-order valence-electron chi connectivity index (χ1n) is 15.1. The van der Waals surface area contributed by atoms with Crippen molar-refractivity contribution >= 4 is 35.5 Å². The van der Waals surface area contributed by atoms with Crippen molar-refractivity contribution in [3.05, 3.63) is 157 Å². The zero-order valence-electron chi connectivity index (χ0n) is 25.2. The van der Waals surface area contributed by atoms with Gasteiger partial charge in [-0.25, -0.2) is 0 Å². The lowest BCUT2D eigenvalue weighted by Gasteiger charge is -2.37. The number of benzene rings is 5. The number of ether oxygens (including phenoxy) is 1. The average molecular weight is 662 g/mol. The Kier molecular flexibility index (Phi) is 11.1. The molecule has 0 amide bonds. The van der Waals surface area contributed by atoms with E-state index in [1.54, 1.807) is 127 Å². The highest BCUT2D eigenvalue weighted by atomic mass is 31.2. The lowest BCUT2D eigenvalue weighted by atomic mass is 10.2. The van der Waals surface area contributed by atoms with Gasteiger partial charge in [0.1, 0.15) is 0 Å². The van der Waals surface area contributed by atoms with E-state index in [4.69, 9.17) is 4.74 Å². The summed E-state index contributed by atoms with van der Waals surface area (Å²) >= 11 is 0. The minimum atomic E-state index is -4.97. The number of hydrogen-bond acceptors (Lipinski definition) is 4. The summed E-state index contributed by atoms with van der Waals surface area (Å²) in [5, 5.41) is 3.63. The summed E-state index contributed by atoms with van der Waals surface area (Å²) in [6, 6.07) is 41.0. The molecular weight excluding hydrogens is 625 g/mol. The molecule has 4 nitrogen and oxygen atoms in total. The number of alkyl halides is 3. The Morgan fingerprint density at radius 3 is 1.15 bits per heavy atom. The highest BCUT2D eigenvalue weighted by Crippen LogP contribution is 2.60. The molecule has 2 atom stereocenters. The van der Waals surface area contributed by atoms with Crippen molar-refractivity contribution in [2.24, 2.45) is 0 Å². The van der Waals surface area contributed by atoms with Gasteiger partial charge in [0.05, 0.1) is 5.78 Å². The Morgan fingerprint density at radius 2 is 0.848 bits per heavy atom. The fourth-order valence-electron chi connectivity index (χ4n) is 5.60. The highest BCUT2D eigenvalue weighted by Gasteiger charge is 2.55. The Labute approximate surface area is 268 Å². The van der Waals surface area contributed by atoms with Crippen LogP contribution in [0, 0.1) is 0 Å². The van der Waals surface area contributed by atoms with Gasteiger partial charge in [-0.2, -0.15) is 13.2 Å². The summed E-state index contributed by atoms with van der Waals surface area (Å²) in [6.45, 7) is 2.00. The highest BCUT2D eigenvalue weighted by molar-refractivity contribution is 7.80. The standard InChI is InChI=1S/C33H28F3NO2P2.C4H8O/c34-33(35,36)32(41(39,29-22-12-4-13-23-29)30-24-14-5-15-25-30)37-31(26-16-6-1-7-17-26)40(38,27-18-8-2-9-19-27)28-20-10-3-11-21-28;1-2-4-5-3-1/h1-25,31-32,37H;1-4H2. The van der Waals surface area contributed by atoms with Crippen LogP contribution in [-0.2, 0) is 13.9 Å². The summed E-state index contributed by atoms with van der Waals surface area (Å²) in [5.74, 6) is -3.88. The maximum atomic E-state index is 15.5. The summed E-state index contributed by atoms with van der Waals surface area (Å²) < 4.78 is 81.5. The zero-order chi connectivity index (χ0) is 32.5. The van der Waals surface area contributed by atoms with Gasteiger partial charge in [0, 0.05) is 34.4 Å². The number of hydrogen-bond donors (Lipinski definition) is 1. The van der Waals surface area contributed by atoms with Crippen LogP contribution in [0.25, 0.3) is 0 Å². The van der Waals surface area contributed by atoms with Gasteiger partial charge in [-0.05, 0) is 18.4 Å². The molecule has 0 aromatic heterocycles. The van der Waals surface area contributed by atoms with E-state index in [9.17, 15) is 0 Å². The molecule has 9 heteroatoms. The molecule has 6 rings (SSSR count). The first kappa shape index (κ1) is 33.6. The molecule has 0 bridgehead atoms. The minimum Gasteiger partial charge on any atom is -0.381 e. The van der Waals surface area contributed by atoms with Crippen molar-refractivity contribution in [1.29, 1.82) is 0 Å². The van der Waals surface area contributed by atoms with Gasteiger partial charge >= 0.3 is 6.18 Å². The number of nitrogens with one attached hydrogen (secondary N) is 1. The third-order valence-electron chi connectivity index (χ3n) is 7.85. The predicted octanol–water partition coefficient (Wildman–Crippen LogP) is 7.99. The zero-order valence-corrected chi connectivity index (χ0v) is 27.0. The smallest absolute Gasteiger partial charge is 0.381 e. The van der Waals surface area contributed by atoms with Gasteiger partial charge in [-0.1, -0.05) is 152 Å². The van der Waals surface area contributed by atoms with Crippen LogP contribution in [0.5, 0.6) is 0 Å². The van der Waals surface area contributed by atoms with E-state index in [1.807, 2.05) is 0 Å². The topological polar surface area (TPSA) is 55.4 Å². The van der Waals surface area contributed by atoms with Crippen molar-refractivity contribution in [3.63, 3.8) is 0 Å². The van der Waals surface area contributed by atoms with Crippen LogP contribution < -0.4 is 26.5 Å². The van der Waals surface area contributed by atoms with E-state index < -0.39 is 32.0 Å². The predicted molar refractivity (Wildman–Crippen MR) is 182 cm³/mol. The summed E-state index contributed by atoms with van der Waals surface area (Å²) in [6.07, 6.45) is -2.41. The van der Waals surface area contributed by atoms with Crippen molar-refractivity contribution < 1.29 is 27.0 Å². The fourth-order valence-corrected chi connectivity index (χ4v) is 11.7. The van der Waals surface area contributed by atoms with Gasteiger partial charge in [-0.3, -0.25) is 5.32 Å². The Bertz CT molecular complexity index is 1640. The molecule has 0 aliphatic carbocycles. The second-order valence-electron chi connectivity index (χ2n) is 10.9. The van der Waals surface area contributed by atoms with Gasteiger partial charge < -0.3 is 13.9 Å². The van der Waals surface area contributed by atoms with Crippen LogP contribution in [0.15, 0.2) is 152 Å². The quantitative estimate of drug-likeness (QED) is 0.163. The molecular formula is C37H36F3NO3P2. The largest absolute Gasteiger partial charge is 0.411 e. The molecule has 0 saturated carbocycles. The molecule has 5 aromatic rings. The molecule has 1 aliphatic heterocycles. The molecule has 2 unspecified atom stereocenters. The first-order valence-corrected chi connectivity index (χ1v) is 18.7. The van der Waals surface area contributed by atoms with Crippen molar-refractivity contribution in [3.8, 4) is 0 Å². The molecule has 5 aromatic carbocycles. The third kappa shape index (κ3) is 7.45. The van der Waals surface area contributed by atoms with E-state index in [0.717, 1.165) is 13.2 Å². The lowest BCUT2D eigenvalue weighted by Crippen LogP contribution is -2.49. The van der Waals surface area contributed by atoms with Crippen LogP contribution in [0.4, 0.5) is 13.2 Å². The van der Waals surface area contributed by atoms with Crippen molar-refractivity contribution in [1.82, 2.24) is 5.32 Å². The molecule has 1 fully saturated rings. The van der Waals surface area contributed by atoms with E-state index in [1.165, 1.54) is 37.1 Å². The van der Waals surface area contributed by atoms with E-state index in [2.05, 4.69) is 5.32 Å². The first-order chi connectivity index (χ1) is 22.3. The van der Waals surface area contributed by atoms with E-state index in [-0.39, 0.29) is 10.6 Å². The van der Waals surface area contributed by atoms with Crippen molar-refractivity contribution in [2.45, 2.75) is 30.6 Å². The Balaban J connectivity index is 0.000000760. The maximum absolute atomic E-state index is 15.5. The second kappa shape index (κ2) is 15.2. The van der Waals surface area contributed by atoms with E-state index >= 15 is 22.3 Å². The molecule has 238 valence electrons. The minimum absolute atomic E-state index is 0.0575. The van der Waals surface area contributed by atoms with Crippen LogP contribution in [0.2, 0.25) is 0 Å². The van der Waals surface area contributed by atoms with Crippen LogP contribution >= 0.6 is 14.3 Å². The summed E-state index contributed by atoms with van der Waals surface area (Å²) in [4.78, 5) is 0. The number of rotatable bonds is 9. The Morgan fingerprint density at radius 1 is 0.522 bits per heavy atom. The lowest BCUT2D eigenvalue weighted by molar-refractivity contribution is -0.136. The van der Waals surface area contributed by atoms with E-state index in [0.29, 0.717) is 16.2 Å². The Hall–Kier alpha value is -3.73. The molecule has 1 aliphatic rings. The fraction of sp³-hybridized carbons (Fsp3) is 0.189. The second-order valence-corrected chi connectivity index (χ2v) is 16.6. The van der Waals surface area contributed by atoms with Crippen LogP contribution in [-0.4, -0.2) is 25.2 Å². The SMILES string of the molecule is C1CCOC1.O=P(c1ccccc1)(c1ccccc1)C(NC(C(F)(F)F)P(=O)(c1ccccc1)c1ccccc1)c1ccccc1. The monoisotopic (exact) mass is 661 g/mol. The average Bonchev–Trinajstić information content (AvgIpc) is 3.70. The van der Waals surface area contributed by atoms with Gasteiger partial charge in [-0.15, -0.1) is 0 Å². The van der Waals surface area contributed by atoms with Gasteiger partial charge in [0.25, 0.3) is 0 Å². The summed E-state index contributed by atoms with van der Waals surface area (Å²) in [7, 11) is -8.30.